The zero-order valence-electron chi connectivity index (χ0n) is 9.77. The largest absolute Gasteiger partial charge is 0.353 e. The molecule has 1 aromatic rings. The van der Waals surface area contributed by atoms with Gasteiger partial charge in [-0.25, -0.2) is 0 Å². The first-order valence-electron chi connectivity index (χ1n) is 5.74. The van der Waals surface area contributed by atoms with Gasteiger partial charge in [-0.05, 0) is 19.4 Å². The zero-order valence-corrected chi connectivity index (χ0v) is 11.9. The zero-order chi connectivity index (χ0) is 11.5. The molecule has 1 saturated heterocycles. The molecule has 3 heteroatoms. The molecule has 1 heterocycles. The van der Waals surface area contributed by atoms with Crippen LogP contribution in [0.25, 0.3) is 0 Å². The molecule has 0 saturated carbocycles. The molecule has 0 spiro atoms. The summed E-state index contributed by atoms with van der Waals surface area (Å²) in [5.41, 5.74) is 1.27. The number of ether oxygens (including phenoxy) is 1. The highest BCUT2D eigenvalue weighted by Crippen LogP contribution is 2.32. The van der Waals surface area contributed by atoms with E-state index in [1.165, 1.54) is 5.56 Å². The quantitative estimate of drug-likeness (QED) is 0.623. The van der Waals surface area contributed by atoms with Gasteiger partial charge in [0.15, 0.2) is 0 Å². The molecule has 0 radical (unpaired) electrons. The summed E-state index contributed by atoms with van der Waals surface area (Å²) >= 11 is 2.40. The van der Waals surface area contributed by atoms with Crippen molar-refractivity contribution in [3.8, 4) is 0 Å². The van der Waals surface area contributed by atoms with Gasteiger partial charge in [0.25, 0.3) is 0 Å². The normalized spacial score (nSPS) is 26.5. The van der Waals surface area contributed by atoms with Crippen LogP contribution in [0.2, 0.25) is 0 Å². The standard InChI is InChI=1S/C13H18INO/c1-10(2)15-9-12(8-14)16-13(15)11-6-4-3-5-7-11/h3-7,10,12-13H,8-9H2,1-2H3/t12-,13-/m1/s1. The van der Waals surface area contributed by atoms with Crippen molar-refractivity contribution >= 4 is 22.6 Å². The molecule has 0 amide bonds. The molecule has 2 rings (SSSR count). The number of rotatable bonds is 3. The van der Waals surface area contributed by atoms with Gasteiger partial charge in [-0.3, -0.25) is 4.90 Å². The van der Waals surface area contributed by atoms with Crippen molar-refractivity contribution in [3.05, 3.63) is 35.9 Å². The molecule has 0 bridgehead atoms. The van der Waals surface area contributed by atoms with E-state index in [-0.39, 0.29) is 6.23 Å². The van der Waals surface area contributed by atoms with Gasteiger partial charge in [-0.2, -0.15) is 0 Å². The van der Waals surface area contributed by atoms with Crippen molar-refractivity contribution in [3.63, 3.8) is 0 Å². The monoisotopic (exact) mass is 331 g/mol. The van der Waals surface area contributed by atoms with E-state index in [0.717, 1.165) is 11.0 Å². The molecule has 2 nitrogen and oxygen atoms in total. The van der Waals surface area contributed by atoms with E-state index >= 15 is 0 Å². The Morgan fingerprint density at radius 3 is 2.62 bits per heavy atom. The van der Waals surface area contributed by atoms with Gasteiger partial charge in [0.2, 0.25) is 0 Å². The molecule has 1 aliphatic heterocycles. The van der Waals surface area contributed by atoms with Crippen molar-refractivity contribution in [1.29, 1.82) is 0 Å². The van der Waals surface area contributed by atoms with Crippen LogP contribution < -0.4 is 0 Å². The third-order valence-corrected chi connectivity index (χ3v) is 3.94. The van der Waals surface area contributed by atoms with Crippen LogP contribution in [0, 0.1) is 0 Å². The lowest BCUT2D eigenvalue weighted by molar-refractivity contribution is -0.00395. The highest BCUT2D eigenvalue weighted by Gasteiger charge is 2.34. The van der Waals surface area contributed by atoms with Gasteiger partial charge in [-0.1, -0.05) is 52.9 Å². The fraction of sp³-hybridized carbons (Fsp3) is 0.538. The van der Waals surface area contributed by atoms with Crippen molar-refractivity contribution in [2.24, 2.45) is 0 Å². The van der Waals surface area contributed by atoms with E-state index in [9.17, 15) is 0 Å². The molecule has 1 aromatic carbocycles. The Balaban J connectivity index is 2.19. The fourth-order valence-corrected chi connectivity index (χ4v) is 2.57. The lowest BCUT2D eigenvalue weighted by atomic mass is 10.1. The van der Waals surface area contributed by atoms with Crippen LogP contribution in [-0.4, -0.2) is 28.0 Å². The minimum absolute atomic E-state index is 0.140. The highest BCUT2D eigenvalue weighted by molar-refractivity contribution is 14.1. The molecule has 0 N–H and O–H groups in total. The second-order valence-electron chi connectivity index (χ2n) is 4.47. The molecule has 2 atom stereocenters. The first kappa shape index (κ1) is 12.3. The predicted octanol–water partition coefficient (Wildman–Crippen LogP) is 3.23. The Hall–Kier alpha value is -0.130. The van der Waals surface area contributed by atoms with Crippen molar-refractivity contribution in [2.75, 3.05) is 11.0 Å². The maximum absolute atomic E-state index is 6.09. The summed E-state index contributed by atoms with van der Waals surface area (Å²) in [6.07, 6.45) is 0.508. The van der Waals surface area contributed by atoms with Gasteiger partial charge in [-0.15, -0.1) is 0 Å². The second kappa shape index (κ2) is 5.47. The van der Waals surface area contributed by atoms with Gasteiger partial charge in [0.1, 0.15) is 6.23 Å². The van der Waals surface area contributed by atoms with E-state index in [0.29, 0.717) is 12.1 Å². The smallest absolute Gasteiger partial charge is 0.137 e. The number of hydrogen-bond donors (Lipinski definition) is 0. The summed E-state index contributed by atoms with van der Waals surface area (Å²) in [5, 5.41) is 0. The number of benzene rings is 1. The number of halogens is 1. The highest BCUT2D eigenvalue weighted by atomic mass is 127. The first-order valence-corrected chi connectivity index (χ1v) is 7.27. The molecule has 0 aromatic heterocycles. The fourth-order valence-electron chi connectivity index (χ4n) is 2.09. The maximum Gasteiger partial charge on any atom is 0.137 e. The summed E-state index contributed by atoms with van der Waals surface area (Å²) in [5.74, 6) is 0. The third kappa shape index (κ3) is 2.57. The van der Waals surface area contributed by atoms with Gasteiger partial charge < -0.3 is 4.74 Å². The van der Waals surface area contributed by atoms with Crippen LogP contribution in [0.4, 0.5) is 0 Å². The Morgan fingerprint density at radius 2 is 2.06 bits per heavy atom. The van der Waals surface area contributed by atoms with Crippen molar-refractivity contribution < 1.29 is 4.74 Å². The second-order valence-corrected chi connectivity index (χ2v) is 5.35. The predicted molar refractivity (Wildman–Crippen MR) is 74.8 cm³/mol. The van der Waals surface area contributed by atoms with E-state index in [1.807, 2.05) is 6.07 Å². The molecule has 16 heavy (non-hydrogen) atoms. The summed E-state index contributed by atoms with van der Waals surface area (Å²) in [6.45, 7) is 5.50. The van der Waals surface area contributed by atoms with E-state index in [1.54, 1.807) is 0 Å². The van der Waals surface area contributed by atoms with E-state index in [2.05, 4.69) is 65.6 Å². The Kier molecular flexibility index (Phi) is 4.21. The lowest BCUT2D eigenvalue weighted by Crippen LogP contribution is -2.31. The SMILES string of the molecule is CC(C)N1C[C@@H](CI)O[C@@H]1c1ccccc1. The lowest BCUT2D eigenvalue weighted by Gasteiger charge is -2.26. The van der Waals surface area contributed by atoms with Gasteiger partial charge in [0, 0.05) is 17.0 Å². The third-order valence-electron chi connectivity index (χ3n) is 2.96. The Morgan fingerprint density at radius 1 is 1.38 bits per heavy atom. The molecule has 0 unspecified atom stereocenters. The van der Waals surface area contributed by atoms with E-state index < -0.39 is 0 Å². The topological polar surface area (TPSA) is 12.5 Å². The number of hydrogen-bond acceptors (Lipinski definition) is 2. The van der Waals surface area contributed by atoms with Crippen molar-refractivity contribution in [1.82, 2.24) is 4.90 Å². The van der Waals surface area contributed by atoms with Crippen LogP contribution in [-0.2, 0) is 4.74 Å². The average molecular weight is 331 g/mol. The number of alkyl halides is 1. The molecule has 0 aliphatic carbocycles. The van der Waals surface area contributed by atoms with Crippen LogP contribution >= 0.6 is 22.6 Å². The minimum atomic E-state index is 0.140. The average Bonchev–Trinajstić information content (AvgIpc) is 2.74. The Labute approximate surface area is 111 Å². The molecule has 88 valence electrons. The maximum atomic E-state index is 6.09. The Bertz CT molecular complexity index is 328. The summed E-state index contributed by atoms with van der Waals surface area (Å²) in [4.78, 5) is 2.43. The molecule has 1 fully saturated rings. The number of nitrogens with zero attached hydrogens (tertiary/aromatic N) is 1. The molecule has 1 aliphatic rings. The summed E-state index contributed by atoms with van der Waals surface area (Å²) in [7, 11) is 0. The van der Waals surface area contributed by atoms with Crippen LogP contribution in [0.3, 0.4) is 0 Å². The first-order chi connectivity index (χ1) is 7.72. The molecular weight excluding hydrogens is 313 g/mol. The van der Waals surface area contributed by atoms with Crippen molar-refractivity contribution in [2.45, 2.75) is 32.2 Å². The van der Waals surface area contributed by atoms with Crippen LogP contribution in [0.15, 0.2) is 30.3 Å². The molecular formula is C13H18INO. The van der Waals surface area contributed by atoms with Crippen LogP contribution in [0.1, 0.15) is 25.6 Å². The van der Waals surface area contributed by atoms with E-state index in [4.69, 9.17) is 4.74 Å². The summed E-state index contributed by atoms with van der Waals surface area (Å²) in [6, 6.07) is 11.0. The van der Waals surface area contributed by atoms with Gasteiger partial charge >= 0.3 is 0 Å². The van der Waals surface area contributed by atoms with Crippen LogP contribution in [0.5, 0.6) is 0 Å². The minimum Gasteiger partial charge on any atom is -0.353 e. The van der Waals surface area contributed by atoms with Gasteiger partial charge in [0.05, 0.1) is 6.10 Å². The summed E-state index contributed by atoms with van der Waals surface area (Å²) < 4.78 is 7.15.